The molecule has 1 aliphatic carbocycles. The molecule has 1 heterocycles. The van der Waals surface area contributed by atoms with E-state index in [9.17, 15) is 22.8 Å². The number of hydrogen-bond donors (Lipinski definition) is 2. The number of carbonyl (C=O) groups excluding carboxylic acids is 1. The van der Waals surface area contributed by atoms with Gasteiger partial charge in [-0.3, -0.25) is 9.59 Å². The number of benzene rings is 2. The summed E-state index contributed by atoms with van der Waals surface area (Å²) >= 11 is 2.60. The molecule has 2 aromatic carbocycles. The number of halogens is 3. The highest BCUT2D eigenvalue weighted by atomic mass is 32.2. The fourth-order valence-electron chi connectivity index (χ4n) is 4.13. The fourth-order valence-corrected chi connectivity index (χ4v) is 6.01. The molecule has 1 unspecified atom stereocenters. The SMILES string of the molecule is CC(Sc1ccc(-c2nc(C(=O)NC3CCC(C(F)(F)F)CC3)c(-c3ccccc3)s2)cc1)C(=O)O. The Morgan fingerprint density at radius 3 is 2.25 bits per heavy atom. The first-order valence-corrected chi connectivity index (χ1v) is 13.2. The van der Waals surface area contributed by atoms with Gasteiger partial charge in [0.15, 0.2) is 0 Å². The number of alkyl halides is 3. The van der Waals surface area contributed by atoms with Crippen LogP contribution in [0.25, 0.3) is 21.0 Å². The number of thioether (sulfide) groups is 1. The summed E-state index contributed by atoms with van der Waals surface area (Å²) in [4.78, 5) is 30.5. The predicted octanol–water partition coefficient (Wildman–Crippen LogP) is 6.89. The lowest BCUT2D eigenvalue weighted by molar-refractivity contribution is -0.182. The summed E-state index contributed by atoms with van der Waals surface area (Å²) in [5, 5.41) is 12.1. The van der Waals surface area contributed by atoms with Crippen LogP contribution in [-0.2, 0) is 4.79 Å². The average Bonchev–Trinajstić information content (AvgIpc) is 3.30. The molecule has 1 aromatic heterocycles. The summed E-state index contributed by atoms with van der Waals surface area (Å²) in [6.07, 6.45) is -3.62. The topological polar surface area (TPSA) is 79.3 Å². The van der Waals surface area contributed by atoms with E-state index < -0.39 is 29.2 Å². The lowest BCUT2D eigenvalue weighted by atomic mass is 9.85. The van der Waals surface area contributed by atoms with Crippen LogP contribution in [0.4, 0.5) is 13.2 Å². The molecule has 190 valence electrons. The lowest BCUT2D eigenvalue weighted by Gasteiger charge is -2.30. The van der Waals surface area contributed by atoms with Crippen LogP contribution in [0.2, 0.25) is 0 Å². The lowest BCUT2D eigenvalue weighted by Crippen LogP contribution is -2.40. The molecule has 4 rings (SSSR count). The summed E-state index contributed by atoms with van der Waals surface area (Å²) in [6.45, 7) is 1.62. The highest BCUT2D eigenvalue weighted by Crippen LogP contribution is 2.39. The third-order valence-corrected chi connectivity index (χ3v) is 8.42. The minimum atomic E-state index is -4.20. The highest BCUT2D eigenvalue weighted by Gasteiger charge is 2.41. The van der Waals surface area contributed by atoms with Gasteiger partial charge in [0.2, 0.25) is 0 Å². The number of hydrogen-bond acceptors (Lipinski definition) is 5. The van der Waals surface area contributed by atoms with Crippen LogP contribution in [0.1, 0.15) is 43.1 Å². The van der Waals surface area contributed by atoms with Crippen molar-refractivity contribution in [2.45, 2.75) is 55.0 Å². The maximum Gasteiger partial charge on any atom is 0.391 e. The zero-order chi connectivity index (χ0) is 25.9. The Kier molecular flexibility index (Phi) is 8.04. The van der Waals surface area contributed by atoms with Gasteiger partial charge in [0, 0.05) is 16.5 Å². The maximum atomic E-state index is 13.2. The Morgan fingerprint density at radius 2 is 1.67 bits per heavy atom. The van der Waals surface area contributed by atoms with Crippen LogP contribution in [0.15, 0.2) is 59.5 Å². The Hall–Kier alpha value is -2.85. The summed E-state index contributed by atoms with van der Waals surface area (Å²) < 4.78 is 39.0. The van der Waals surface area contributed by atoms with Crippen molar-refractivity contribution in [1.82, 2.24) is 10.3 Å². The molecule has 1 amide bonds. The number of nitrogens with zero attached hydrogens (tertiary/aromatic N) is 1. The van der Waals surface area contributed by atoms with E-state index in [4.69, 9.17) is 5.11 Å². The van der Waals surface area contributed by atoms with E-state index in [0.29, 0.717) is 9.88 Å². The highest BCUT2D eigenvalue weighted by molar-refractivity contribution is 8.00. The molecule has 0 saturated heterocycles. The van der Waals surface area contributed by atoms with Gasteiger partial charge in [-0.2, -0.15) is 13.2 Å². The second-order valence-electron chi connectivity index (χ2n) is 8.75. The van der Waals surface area contributed by atoms with Crippen molar-refractivity contribution in [3.05, 3.63) is 60.3 Å². The van der Waals surface area contributed by atoms with Crippen LogP contribution >= 0.6 is 23.1 Å². The van der Waals surface area contributed by atoms with Crippen molar-refractivity contribution in [3.63, 3.8) is 0 Å². The third-order valence-electron chi connectivity index (χ3n) is 6.17. The van der Waals surface area contributed by atoms with Crippen molar-refractivity contribution >= 4 is 35.0 Å². The smallest absolute Gasteiger partial charge is 0.391 e. The summed E-state index contributed by atoms with van der Waals surface area (Å²) in [7, 11) is 0. The minimum Gasteiger partial charge on any atom is -0.480 e. The molecule has 0 spiro atoms. The Labute approximate surface area is 215 Å². The zero-order valence-electron chi connectivity index (χ0n) is 19.4. The first-order chi connectivity index (χ1) is 17.1. The Balaban J connectivity index is 1.55. The first-order valence-electron chi connectivity index (χ1n) is 11.6. The van der Waals surface area contributed by atoms with E-state index in [2.05, 4.69) is 10.3 Å². The molecule has 36 heavy (non-hydrogen) atoms. The van der Waals surface area contributed by atoms with Gasteiger partial charge in [-0.15, -0.1) is 23.1 Å². The fraction of sp³-hybridized carbons (Fsp3) is 0.346. The van der Waals surface area contributed by atoms with Gasteiger partial charge in [-0.25, -0.2) is 4.98 Å². The summed E-state index contributed by atoms with van der Waals surface area (Å²) in [5.74, 6) is -2.59. The number of amides is 1. The van der Waals surface area contributed by atoms with Gasteiger partial charge >= 0.3 is 12.1 Å². The van der Waals surface area contributed by atoms with Gasteiger partial charge < -0.3 is 10.4 Å². The Bertz CT molecular complexity index is 1210. The third kappa shape index (κ3) is 6.28. The molecule has 10 heteroatoms. The van der Waals surface area contributed by atoms with E-state index >= 15 is 0 Å². The number of aromatic nitrogens is 1. The monoisotopic (exact) mass is 534 g/mol. The van der Waals surface area contributed by atoms with Gasteiger partial charge in [0.05, 0.1) is 10.8 Å². The predicted molar refractivity (Wildman–Crippen MR) is 135 cm³/mol. The molecule has 0 aliphatic heterocycles. The van der Waals surface area contributed by atoms with Crippen molar-refractivity contribution in [2.24, 2.45) is 5.92 Å². The molecule has 1 saturated carbocycles. The molecule has 3 aromatic rings. The number of nitrogens with one attached hydrogen (secondary N) is 1. The molecule has 5 nitrogen and oxygen atoms in total. The van der Waals surface area contributed by atoms with Crippen LogP contribution in [0, 0.1) is 5.92 Å². The number of aliphatic carboxylic acids is 1. The quantitative estimate of drug-likeness (QED) is 0.323. The number of carbonyl (C=O) groups is 2. The largest absolute Gasteiger partial charge is 0.480 e. The van der Waals surface area contributed by atoms with Gasteiger partial charge in [0.1, 0.15) is 16.0 Å². The van der Waals surface area contributed by atoms with Crippen molar-refractivity contribution in [3.8, 4) is 21.0 Å². The summed E-state index contributed by atoms with van der Waals surface area (Å²) in [5.41, 5.74) is 1.86. The van der Waals surface area contributed by atoms with E-state index in [1.165, 1.54) is 23.1 Å². The van der Waals surface area contributed by atoms with Crippen LogP contribution in [0.5, 0.6) is 0 Å². The molecule has 2 N–H and O–H groups in total. The zero-order valence-corrected chi connectivity index (χ0v) is 21.1. The van der Waals surface area contributed by atoms with Crippen LogP contribution in [0.3, 0.4) is 0 Å². The number of carboxylic acids is 1. The van der Waals surface area contributed by atoms with E-state index in [1.54, 1.807) is 6.92 Å². The maximum absolute atomic E-state index is 13.2. The molecular weight excluding hydrogens is 509 g/mol. The van der Waals surface area contributed by atoms with E-state index in [1.807, 2.05) is 54.6 Å². The molecule has 1 atom stereocenters. The van der Waals surface area contributed by atoms with Crippen molar-refractivity contribution < 1.29 is 27.9 Å². The average molecular weight is 535 g/mol. The number of thiazole rings is 1. The van der Waals surface area contributed by atoms with Gasteiger partial charge in [-0.1, -0.05) is 42.5 Å². The molecule has 1 fully saturated rings. The minimum absolute atomic E-state index is 0.00710. The van der Waals surface area contributed by atoms with Crippen LogP contribution in [-0.4, -0.2) is 39.4 Å². The van der Waals surface area contributed by atoms with E-state index in [-0.39, 0.29) is 37.4 Å². The molecular formula is C26H25F3N2O3S2. The van der Waals surface area contributed by atoms with Gasteiger partial charge in [-0.05, 0) is 50.3 Å². The molecule has 0 radical (unpaired) electrons. The van der Waals surface area contributed by atoms with Crippen LogP contribution < -0.4 is 5.32 Å². The molecule has 0 bridgehead atoms. The van der Waals surface area contributed by atoms with E-state index in [0.717, 1.165) is 16.0 Å². The second-order valence-corrected chi connectivity index (χ2v) is 11.2. The number of rotatable bonds is 7. The Morgan fingerprint density at radius 1 is 1.03 bits per heavy atom. The normalized spacial score (nSPS) is 19.0. The molecule has 1 aliphatic rings. The standard InChI is InChI=1S/C26H25F3N2O3S2/c1-15(25(33)34)35-20-13-7-17(8-14-20)24-31-21(22(36-24)16-5-3-2-4-6-16)23(32)30-19-11-9-18(10-12-19)26(27,28)29/h2-8,13-15,18-19H,9-12H2,1H3,(H,30,32)(H,33,34). The van der Waals surface area contributed by atoms with Gasteiger partial charge in [0.25, 0.3) is 5.91 Å². The van der Waals surface area contributed by atoms with Crippen molar-refractivity contribution in [1.29, 1.82) is 0 Å². The summed E-state index contributed by atoms with van der Waals surface area (Å²) in [6, 6.07) is 16.4. The second kappa shape index (κ2) is 11.0. The van der Waals surface area contributed by atoms with Crippen molar-refractivity contribution in [2.75, 3.05) is 0 Å². The first kappa shape index (κ1) is 26.2. The number of carboxylic acid groups (broad SMARTS) is 1.